The zero-order valence-corrected chi connectivity index (χ0v) is 11.2. The summed E-state index contributed by atoms with van der Waals surface area (Å²) in [5, 5.41) is 3.45. The van der Waals surface area contributed by atoms with Crippen LogP contribution in [-0.4, -0.2) is 39.8 Å². The van der Waals surface area contributed by atoms with Crippen molar-refractivity contribution in [1.82, 2.24) is 19.5 Å². The molecule has 0 amide bonds. The quantitative estimate of drug-likeness (QED) is 0.641. The molecular formula is C11H16ClN5O. The number of methoxy groups -OCH3 is 1. The van der Waals surface area contributed by atoms with E-state index in [4.69, 9.17) is 16.3 Å². The standard InChI is InChI=1S/C11H16ClN5O/c1-3-17-7-14-10-8(17)9(15-11(12)16-10)13-5-4-6-18-2/h7H,3-6H2,1-2H3,(H,13,15,16). The van der Waals surface area contributed by atoms with E-state index < -0.39 is 0 Å². The van der Waals surface area contributed by atoms with Gasteiger partial charge in [0, 0.05) is 26.8 Å². The fourth-order valence-electron chi connectivity index (χ4n) is 1.74. The number of aryl methyl sites for hydroxylation is 1. The Morgan fingerprint density at radius 3 is 3.00 bits per heavy atom. The molecule has 0 bridgehead atoms. The lowest BCUT2D eigenvalue weighted by atomic mass is 10.4. The summed E-state index contributed by atoms with van der Waals surface area (Å²) in [4.78, 5) is 12.5. The maximum Gasteiger partial charge on any atom is 0.226 e. The Bertz CT molecular complexity index is 527. The number of anilines is 1. The van der Waals surface area contributed by atoms with E-state index in [9.17, 15) is 0 Å². The first kappa shape index (κ1) is 13.0. The van der Waals surface area contributed by atoms with Gasteiger partial charge in [-0.05, 0) is 24.9 Å². The van der Waals surface area contributed by atoms with E-state index in [2.05, 4.69) is 20.3 Å². The molecule has 2 rings (SSSR count). The summed E-state index contributed by atoms with van der Waals surface area (Å²) in [6, 6.07) is 0. The van der Waals surface area contributed by atoms with Crippen LogP contribution in [-0.2, 0) is 11.3 Å². The van der Waals surface area contributed by atoms with Crippen molar-refractivity contribution >= 4 is 28.6 Å². The highest BCUT2D eigenvalue weighted by atomic mass is 35.5. The van der Waals surface area contributed by atoms with Gasteiger partial charge in [0.15, 0.2) is 11.5 Å². The molecule has 1 N–H and O–H groups in total. The zero-order chi connectivity index (χ0) is 13.0. The van der Waals surface area contributed by atoms with Crippen LogP contribution in [0.5, 0.6) is 0 Å². The monoisotopic (exact) mass is 269 g/mol. The van der Waals surface area contributed by atoms with Gasteiger partial charge in [0.1, 0.15) is 5.52 Å². The van der Waals surface area contributed by atoms with Gasteiger partial charge in [-0.25, -0.2) is 4.98 Å². The molecule has 0 spiro atoms. The molecule has 0 aliphatic heterocycles. The SMILES string of the molecule is CCn1cnc2nc(Cl)nc(NCCCOC)c21. The largest absolute Gasteiger partial charge is 0.385 e. The third-order valence-electron chi connectivity index (χ3n) is 2.60. The molecule has 0 saturated heterocycles. The number of nitrogens with one attached hydrogen (secondary N) is 1. The number of imidazole rings is 1. The van der Waals surface area contributed by atoms with Crippen LogP contribution < -0.4 is 5.32 Å². The molecule has 18 heavy (non-hydrogen) atoms. The second-order valence-corrected chi connectivity index (χ2v) is 4.16. The zero-order valence-electron chi connectivity index (χ0n) is 10.5. The number of halogens is 1. The summed E-state index contributed by atoms with van der Waals surface area (Å²) in [6.45, 7) is 4.34. The molecule has 0 unspecified atom stereocenters. The summed E-state index contributed by atoms with van der Waals surface area (Å²) in [5.41, 5.74) is 1.51. The molecule has 0 fully saturated rings. The minimum absolute atomic E-state index is 0.207. The third kappa shape index (κ3) is 2.70. The number of nitrogens with zero attached hydrogens (tertiary/aromatic N) is 4. The Morgan fingerprint density at radius 2 is 2.28 bits per heavy atom. The molecular weight excluding hydrogens is 254 g/mol. The summed E-state index contributed by atoms with van der Waals surface area (Å²) in [5.74, 6) is 0.723. The topological polar surface area (TPSA) is 64.9 Å². The first-order valence-corrected chi connectivity index (χ1v) is 6.25. The fraction of sp³-hybridized carbons (Fsp3) is 0.545. The number of ether oxygens (including phenoxy) is 1. The van der Waals surface area contributed by atoms with Crippen molar-refractivity contribution in [2.75, 3.05) is 25.6 Å². The second-order valence-electron chi connectivity index (χ2n) is 3.82. The van der Waals surface area contributed by atoms with Gasteiger partial charge in [0.05, 0.1) is 6.33 Å². The predicted octanol–water partition coefficient (Wildman–Crippen LogP) is 1.95. The average molecular weight is 270 g/mol. The molecule has 98 valence electrons. The number of rotatable bonds is 6. The van der Waals surface area contributed by atoms with Gasteiger partial charge < -0.3 is 14.6 Å². The highest BCUT2D eigenvalue weighted by Crippen LogP contribution is 2.21. The lowest BCUT2D eigenvalue weighted by Gasteiger charge is -2.08. The van der Waals surface area contributed by atoms with E-state index in [0.717, 1.165) is 30.8 Å². The van der Waals surface area contributed by atoms with Crippen LogP contribution in [0.4, 0.5) is 5.82 Å². The Kier molecular flexibility index (Phi) is 4.33. The molecule has 0 aliphatic carbocycles. The van der Waals surface area contributed by atoms with Crippen molar-refractivity contribution in [1.29, 1.82) is 0 Å². The lowest BCUT2D eigenvalue weighted by molar-refractivity contribution is 0.198. The highest BCUT2D eigenvalue weighted by Gasteiger charge is 2.11. The van der Waals surface area contributed by atoms with Crippen LogP contribution >= 0.6 is 11.6 Å². The molecule has 0 atom stereocenters. The second kappa shape index (κ2) is 5.97. The Labute approximate surface area is 110 Å². The van der Waals surface area contributed by atoms with Crippen molar-refractivity contribution in [3.05, 3.63) is 11.6 Å². The van der Waals surface area contributed by atoms with Crippen molar-refractivity contribution < 1.29 is 4.74 Å². The lowest BCUT2D eigenvalue weighted by Crippen LogP contribution is -2.08. The number of hydrogen-bond acceptors (Lipinski definition) is 5. The summed E-state index contributed by atoms with van der Waals surface area (Å²) in [7, 11) is 1.69. The number of fused-ring (bicyclic) bond motifs is 1. The Balaban J connectivity index is 2.26. The van der Waals surface area contributed by atoms with Gasteiger partial charge in [-0.2, -0.15) is 9.97 Å². The van der Waals surface area contributed by atoms with E-state index in [0.29, 0.717) is 12.3 Å². The summed E-state index contributed by atoms with van der Waals surface area (Å²) in [6.07, 6.45) is 2.65. The van der Waals surface area contributed by atoms with Gasteiger partial charge in [0.25, 0.3) is 0 Å². The normalized spacial score (nSPS) is 11.1. The average Bonchev–Trinajstić information content (AvgIpc) is 2.77. The van der Waals surface area contributed by atoms with Crippen molar-refractivity contribution in [3.63, 3.8) is 0 Å². The van der Waals surface area contributed by atoms with E-state index in [1.165, 1.54) is 0 Å². The van der Waals surface area contributed by atoms with E-state index in [1.807, 2.05) is 11.5 Å². The van der Waals surface area contributed by atoms with E-state index >= 15 is 0 Å². The minimum Gasteiger partial charge on any atom is -0.385 e. The van der Waals surface area contributed by atoms with Crippen LogP contribution in [0.3, 0.4) is 0 Å². The summed E-state index contributed by atoms with van der Waals surface area (Å²) < 4.78 is 6.99. The first-order valence-electron chi connectivity index (χ1n) is 5.87. The maximum atomic E-state index is 5.88. The van der Waals surface area contributed by atoms with Gasteiger partial charge in [0.2, 0.25) is 5.28 Å². The van der Waals surface area contributed by atoms with Crippen LogP contribution in [0.1, 0.15) is 13.3 Å². The molecule has 0 aliphatic rings. The van der Waals surface area contributed by atoms with Gasteiger partial charge in [-0.3, -0.25) is 0 Å². The smallest absolute Gasteiger partial charge is 0.226 e. The summed E-state index contributed by atoms with van der Waals surface area (Å²) >= 11 is 5.88. The number of hydrogen-bond donors (Lipinski definition) is 1. The molecule has 6 nitrogen and oxygen atoms in total. The predicted molar refractivity (Wildman–Crippen MR) is 71.0 cm³/mol. The Morgan fingerprint density at radius 1 is 1.44 bits per heavy atom. The first-order chi connectivity index (χ1) is 8.76. The molecule has 0 aromatic carbocycles. The Hall–Kier alpha value is -1.40. The fourth-order valence-corrected chi connectivity index (χ4v) is 1.90. The molecule has 7 heteroatoms. The molecule has 0 radical (unpaired) electrons. The number of aromatic nitrogens is 4. The van der Waals surface area contributed by atoms with Gasteiger partial charge in [-0.15, -0.1) is 0 Å². The highest BCUT2D eigenvalue weighted by molar-refractivity contribution is 6.28. The van der Waals surface area contributed by atoms with Crippen LogP contribution in [0.2, 0.25) is 5.28 Å². The van der Waals surface area contributed by atoms with Crippen molar-refractivity contribution in [3.8, 4) is 0 Å². The van der Waals surface area contributed by atoms with Crippen LogP contribution in [0.25, 0.3) is 11.2 Å². The van der Waals surface area contributed by atoms with Gasteiger partial charge >= 0.3 is 0 Å². The van der Waals surface area contributed by atoms with Crippen LogP contribution in [0, 0.1) is 0 Å². The van der Waals surface area contributed by atoms with E-state index in [-0.39, 0.29) is 5.28 Å². The molecule has 2 aromatic rings. The minimum atomic E-state index is 0.207. The van der Waals surface area contributed by atoms with Crippen molar-refractivity contribution in [2.45, 2.75) is 19.9 Å². The van der Waals surface area contributed by atoms with Gasteiger partial charge in [-0.1, -0.05) is 0 Å². The van der Waals surface area contributed by atoms with E-state index in [1.54, 1.807) is 13.4 Å². The maximum absolute atomic E-state index is 5.88. The molecule has 2 aromatic heterocycles. The third-order valence-corrected chi connectivity index (χ3v) is 2.77. The van der Waals surface area contributed by atoms with Crippen molar-refractivity contribution in [2.24, 2.45) is 0 Å². The van der Waals surface area contributed by atoms with Crippen LogP contribution in [0.15, 0.2) is 6.33 Å². The molecule has 0 saturated carbocycles. The molecule has 2 heterocycles.